The molecular formula is C23H30O4. The van der Waals surface area contributed by atoms with Gasteiger partial charge in [-0.25, -0.2) is 0 Å². The lowest BCUT2D eigenvalue weighted by Crippen LogP contribution is -2.34. The fraction of sp³-hybridized carbons (Fsp3) is 0.739. The summed E-state index contributed by atoms with van der Waals surface area (Å²) in [4.78, 5) is 24.9. The highest BCUT2D eigenvalue weighted by molar-refractivity contribution is 5.75. The molecule has 0 aromatic rings. The molecule has 0 aromatic heterocycles. The SMILES string of the molecule is COC(=O)C1[C@H](C2CCC([C@@H]3C(C(=O)OC)[C@H]4C=C[C@@H]3C4)C2)[C@H]2C=C[C@@H]1C2. The molecule has 0 spiro atoms. The van der Waals surface area contributed by atoms with Gasteiger partial charge in [0.2, 0.25) is 0 Å². The fourth-order valence-electron chi connectivity index (χ4n) is 7.69. The molecule has 4 nitrogen and oxygen atoms in total. The van der Waals surface area contributed by atoms with E-state index in [-0.39, 0.29) is 23.8 Å². The van der Waals surface area contributed by atoms with Crippen molar-refractivity contribution in [1.82, 2.24) is 0 Å². The zero-order chi connectivity index (χ0) is 18.7. The Morgan fingerprint density at radius 2 is 1.07 bits per heavy atom. The quantitative estimate of drug-likeness (QED) is 0.560. The molecule has 146 valence electrons. The topological polar surface area (TPSA) is 52.6 Å². The summed E-state index contributed by atoms with van der Waals surface area (Å²) >= 11 is 0. The lowest BCUT2D eigenvalue weighted by atomic mass is 9.71. The third kappa shape index (κ3) is 2.55. The largest absolute Gasteiger partial charge is 0.469 e. The maximum Gasteiger partial charge on any atom is 0.309 e. The van der Waals surface area contributed by atoms with Crippen molar-refractivity contribution in [2.45, 2.75) is 32.1 Å². The molecule has 4 unspecified atom stereocenters. The second-order valence-electron chi connectivity index (χ2n) is 9.48. The Hall–Kier alpha value is -1.58. The number of fused-ring (bicyclic) bond motifs is 4. The van der Waals surface area contributed by atoms with Gasteiger partial charge in [0.25, 0.3) is 0 Å². The molecule has 4 heteroatoms. The Bertz CT molecular complexity index is 636. The molecule has 27 heavy (non-hydrogen) atoms. The summed E-state index contributed by atoms with van der Waals surface area (Å²) in [7, 11) is 3.05. The van der Waals surface area contributed by atoms with Gasteiger partial charge in [-0.05, 0) is 79.4 Å². The van der Waals surface area contributed by atoms with Gasteiger partial charge in [-0.15, -0.1) is 0 Å². The summed E-state index contributed by atoms with van der Waals surface area (Å²) in [6.07, 6.45) is 14.9. The number of hydrogen-bond donors (Lipinski definition) is 0. The third-order valence-corrected chi connectivity index (χ3v) is 8.59. The predicted octanol–water partition coefficient (Wildman–Crippen LogP) is 3.63. The first-order valence-corrected chi connectivity index (χ1v) is 10.6. The van der Waals surface area contributed by atoms with Crippen LogP contribution in [0.15, 0.2) is 24.3 Å². The highest BCUT2D eigenvalue weighted by atomic mass is 16.5. The molecule has 0 heterocycles. The molecule has 5 rings (SSSR count). The number of methoxy groups -OCH3 is 2. The van der Waals surface area contributed by atoms with E-state index in [1.54, 1.807) is 0 Å². The van der Waals surface area contributed by atoms with Crippen LogP contribution in [0.2, 0.25) is 0 Å². The number of ether oxygens (including phenoxy) is 2. The molecule has 10 atom stereocenters. The summed E-state index contributed by atoms with van der Waals surface area (Å²) in [6, 6.07) is 0. The number of rotatable bonds is 4. The van der Waals surface area contributed by atoms with Crippen molar-refractivity contribution < 1.29 is 19.1 Å². The average Bonchev–Trinajstić information content (AvgIpc) is 3.49. The van der Waals surface area contributed by atoms with Gasteiger partial charge in [-0.1, -0.05) is 24.3 Å². The molecule has 5 aliphatic carbocycles. The average molecular weight is 370 g/mol. The van der Waals surface area contributed by atoms with Crippen molar-refractivity contribution in [3.63, 3.8) is 0 Å². The van der Waals surface area contributed by atoms with E-state index in [2.05, 4.69) is 24.3 Å². The lowest BCUT2D eigenvalue weighted by molar-refractivity contribution is -0.149. The zero-order valence-corrected chi connectivity index (χ0v) is 16.3. The molecule has 3 saturated carbocycles. The minimum absolute atomic E-state index is 0.0180. The first-order valence-electron chi connectivity index (χ1n) is 10.6. The Kier molecular flexibility index (Phi) is 4.21. The van der Waals surface area contributed by atoms with Crippen LogP contribution in [-0.2, 0) is 19.1 Å². The van der Waals surface area contributed by atoms with Crippen LogP contribution in [-0.4, -0.2) is 26.2 Å². The molecule has 0 radical (unpaired) electrons. The molecule has 0 N–H and O–H groups in total. The number of carbonyl (C=O) groups excluding carboxylic acids is 2. The van der Waals surface area contributed by atoms with Gasteiger partial charge >= 0.3 is 11.9 Å². The predicted molar refractivity (Wildman–Crippen MR) is 100 cm³/mol. The summed E-state index contributed by atoms with van der Waals surface area (Å²) in [5.74, 6) is 3.92. The van der Waals surface area contributed by atoms with E-state index in [9.17, 15) is 9.59 Å². The minimum atomic E-state index is -0.0180. The van der Waals surface area contributed by atoms with Crippen LogP contribution in [0.4, 0.5) is 0 Å². The molecule has 0 amide bonds. The maximum absolute atomic E-state index is 12.5. The van der Waals surface area contributed by atoms with Crippen LogP contribution >= 0.6 is 0 Å². The number of esters is 2. The summed E-state index contributed by atoms with van der Waals surface area (Å²) in [5, 5.41) is 0. The normalized spacial score (nSPS) is 49.1. The van der Waals surface area contributed by atoms with Crippen LogP contribution in [0, 0.1) is 59.2 Å². The lowest BCUT2D eigenvalue weighted by Gasteiger charge is -2.33. The Balaban J connectivity index is 1.34. The Labute approximate surface area is 161 Å². The zero-order valence-electron chi connectivity index (χ0n) is 16.3. The second-order valence-corrected chi connectivity index (χ2v) is 9.48. The van der Waals surface area contributed by atoms with Crippen molar-refractivity contribution in [3.8, 4) is 0 Å². The number of carbonyl (C=O) groups is 2. The van der Waals surface area contributed by atoms with Gasteiger partial charge in [-0.2, -0.15) is 0 Å². The van der Waals surface area contributed by atoms with Crippen molar-refractivity contribution in [2.75, 3.05) is 14.2 Å². The summed E-state index contributed by atoms with van der Waals surface area (Å²) in [6.45, 7) is 0. The van der Waals surface area contributed by atoms with Crippen molar-refractivity contribution in [2.24, 2.45) is 59.2 Å². The van der Waals surface area contributed by atoms with Crippen molar-refractivity contribution in [3.05, 3.63) is 24.3 Å². The van der Waals surface area contributed by atoms with Crippen LogP contribution < -0.4 is 0 Å². The van der Waals surface area contributed by atoms with Gasteiger partial charge in [0, 0.05) is 0 Å². The standard InChI is InChI=1S/C23H30O4/c1-26-22(24)20-16-7-5-14(10-16)18(20)12-3-4-13(9-12)19-15-6-8-17(11-15)21(19)23(25)27-2/h5-8,12-21H,3-4,9-11H2,1-2H3/t12?,13?,14-,15+,16+,17-,18+,19-,20?,21?. The van der Waals surface area contributed by atoms with E-state index in [1.807, 2.05) is 0 Å². The molecule has 0 aromatic carbocycles. The fourth-order valence-corrected chi connectivity index (χ4v) is 7.69. The summed E-state index contributed by atoms with van der Waals surface area (Å²) in [5.41, 5.74) is 0. The van der Waals surface area contributed by atoms with Crippen LogP contribution in [0.5, 0.6) is 0 Å². The monoisotopic (exact) mass is 370 g/mol. The molecule has 0 aliphatic heterocycles. The van der Waals surface area contributed by atoms with Gasteiger partial charge in [-0.3, -0.25) is 9.59 Å². The molecule has 4 bridgehead atoms. The molecular weight excluding hydrogens is 340 g/mol. The molecule has 0 saturated heterocycles. The van der Waals surface area contributed by atoms with E-state index in [4.69, 9.17) is 9.47 Å². The van der Waals surface area contributed by atoms with Crippen LogP contribution in [0.25, 0.3) is 0 Å². The first-order chi connectivity index (χ1) is 13.1. The first kappa shape index (κ1) is 17.5. The van der Waals surface area contributed by atoms with Gasteiger partial charge in [0.05, 0.1) is 26.1 Å². The maximum atomic E-state index is 12.5. The van der Waals surface area contributed by atoms with Gasteiger partial charge < -0.3 is 9.47 Å². The van der Waals surface area contributed by atoms with E-state index < -0.39 is 0 Å². The van der Waals surface area contributed by atoms with E-state index in [0.29, 0.717) is 47.3 Å². The molecule has 3 fully saturated rings. The van der Waals surface area contributed by atoms with Crippen molar-refractivity contribution in [1.29, 1.82) is 0 Å². The third-order valence-electron chi connectivity index (χ3n) is 8.59. The Morgan fingerprint density at radius 3 is 1.48 bits per heavy atom. The van der Waals surface area contributed by atoms with Crippen LogP contribution in [0.1, 0.15) is 32.1 Å². The van der Waals surface area contributed by atoms with E-state index >= 15 is 0 Å². The van der Waals surface area contributed by atoms with E-state index in [0.717, 1.165) is 19.3 Å². The van der Waals surface area contributed by atoms with Crippen LogP contribution in [0.3, 0.4) is 0 Å². The molecule has 5 aliphatic rings. The Morgan fingerprint density at radius 1 is 0.667 bits per heavy atom. The number of allylic oxidation sites excluding steroid dienone is 4. The smallest absolute Gasteiger partial charge is 0.309 e. The van der Waals surface area contributed by atoms with Gasteiger partial charge in [0.1, 0.15) is 0 Å². The minimum Gasteiger partial charge on any atom is -0.469 e. The highest BCUT2D eigenvalue weighted by Crippen LogP contribution is 2.59. The highest BCUT2D eigenvalue weighted by Gasteiger charge is 2.56. The number of hydrogen-bond acceptors (Lipinski definition) is 4. The van der Waals surface area contributed by atoms with E-state index in [1.165, 1.54) is 27.1 Å². The van der Waals surface area contributed by atoms with Gasteiger partial charge in [0.15, 0.2) is 0 Å². The summed E-state index contributed by atoms with van der Waals surface area (Å²) < 4.78 is 10.3. The van der Waals surface area contributed by atoms with Crippen molar-refractivity contribution >= 4 is 11.9 Å². The second kappa shape index (κ2) is 6.49.